The third-order valence-electron chi connectivity index (χ3n) is 5.14. The summed E-state index contributed by atoms with van der Waals surface area (Å²) in [5, 5.41) is 4.45. The predicted molar refractivity (Wildman–Crippen MR) is 86.3 cm³/mol. The second kappa shape index (κ2) is 5.55. The summed E-state index contributed by atoms with van der Waals surface area (Å²) in [5.74, 6) is 0.257. The molecule has 1 fully saturated rings. The lowest BCUT2D eigenvalue weighted by Crippen LogP contribution is -2.45. The molecule has 1 heterocycles. The minimum absolute atomic E-state index is 0.0594. The highest BCUT2D eigenvalue weighted by Crippen LogP contribution is 2.43. The van der Waals surface area contributed by atoms with Crippen molar-refractivity contribution in [1.82, 2.24) is 10.3 Å². The Balaban J connectivity index is 1.63. The molecule has 2 aromatic rings. The molecule has 21 heavy (non-hydrogen) atoms. The molecule has 1 aromatic carbocycles. The first kappa shape index (κ1) is 14.2. The number of aryl methyl sites for hydroxylation is 1. The number of amides is 1. The molecule has 1 aliphatic rings. The van der Waals surface area contributed by atoms with Crippen LogP contribution in [-0.4, -0.2) is 17.4 Å². The van der Waals surface area contributed by atoms with E-state index in [0.29, 0.717) is 0 Å². The van der Waals surface area contributed by atoms with Gasteiger partial charge in [0, 0.05) is 29.1 Å². The van der Waals surface area contributed by atoms with Gasteiger partial charge in [-0.05, 0) is 49.8 Å². The lowest BCUT2D eigenvalue weighted by Gasteiger charge is -2.39. The van der Waals surface area contributed by atoms with Crippen molar-refractivity contribution in [3.05, 3.63) is 35.5 Å². The third kappa shape index (κ3) is 2.45. The summed E-state index contributed by atoms with van der Waals surface area (Å²) in [4.78, 5) is 15.6. The maximum atomic E-state index is 12.3. The fourth-order valence-electron chi connectivity index (χ4n) is 3.49. The molecule has 0 unspecified atom stereocenters. The van der Waals surface area contributed by atoms with Crippen LogP contribution in [0.1, 0.15) is 43.7 Å². The average molecular weight is 284 g/mol. The third-order valence-corrected chi connectivity index (χ3v) is 5.14. The molecular weight excluding hydrogens is 260 g/mol. The number of aromatic amines is 1. The Labute approximate surface area is 126 Å². The van der Waals surface area contributed by atoms with Crippen molar-refractivity contribution in [3.63, 3.8) is 0 Å². The van der Waals surface area contributed by atoms with Crippen molar-refractivity contribution >= 4 is 16.8 Å². The van der Waals surface area contributed by atoms with Gasteiger partial charge in [0.05, 0.1) is 0 Å². The standard InChI is InChI=1S/C18H24N2O/c1-3-18(9-5-10-18)17(21)19-11-8-14-12-20-15-7-4-6-13(2)16(14)15/h4,6-7,12,20H,3,5,8-11H2,1-2H3,(H,19,21). The molecular formula is C18H24N2O. The number of H-pyrrole nitrogens is 1. The van der Waals surface area contributed by atoms with E-state index in [9.17, 15) is 4.79 Å². The van der Waals surface area contributed by atoms with E-state index in [4.69, 9.17) is 0 Å². The Bertz CT molecular complexity index is 647. The van der Waals surface area contributed by atoms with Gasteiger partial charge in [0.1, 0.15) is 0 Å². The van der Waals surface area contributed by atoms with E-state index in [2.05, 4.69) is 48.5 Å². The first-order valence-electron chi connectivity index (χ1n) is 8.00. The van der Waals surface area contributed by atoms with Crippen molar-refractivity contribution in [3.8, 4) is 0 Å². The number of hydrogen-bond donors (Lipinski definition) is 2. The largest absolute Gasteiger partial charge is 0.361 e. The van der Waals surface area contributed by atoms with E-state index in [1.54, 1.807) is 0 Å². The summed E-state index contributed by atoms with van der Waals surface area (Å²) in [7, 11) is 0. The first-order valence-corrected chi connectivity index (χ1v) is 8.00. The Morgan fingerprint density at radius 3 is 2.86 bits per heavy atom. The van der Waals surface area contributed by atoms with Crippen molar-refractivity contribution in [2.45, 2.75) is 46.0 Å². The molecule has 112 valence electrons. The van der Waals surface area contributed by atoms with E-state index in [1.807, 2.05) is 0 Å². The molecule has 3 heteroatoms. The predicted octanol–water partition coefficient (Wildman–Crippen LogP) is 3.72. The lowest BCUT2D eigenvalue weighted by atomic mass is 9.66. The Kier molecular flexibility index (Phi) is 3.75. The highest BCUT2D eigenvalue weighted by atomic mass is 16.2. The van der Waals surface area contributed by atoms with Crippen molar-refractivity contribution < 1.29 is 4.79 Å². The van der Waals surface area contributed by atoms with Gasteiger partial charge in [-0.3, -0.25) is 4.79 Å². The maximum Gasteiger partial charge on any atom is 0.226 e. The van der Waals surface area contributed by atoms with E-state index >= 15 is 0 Å². The molecule has 1 amide bonds. The molecule has 0 bridgehead atoms. The molecule has 0 atom stereocenters. The van der Waals surface area contributed by atoms with Gasteiger partial charge in [0.25, 0.3) is 0 Å². The summed E-state index contributed by atoms with van der Waals surface area (Å²) in [5.41, 5.74) is 3.71. The minimum atomic E-state index is -0.0594. The van der Waals surface area contributed by atoms with Crippen LogP contribution < -0.4 is 5.32 Å². The SMILES string of the molecule is CCC1(C(=O)NCCc2c[nH]c3cccc(C)c23)CCC1. The van der Waals surface area contributed by atoms with E-state index in [-0.39, 0.29) is 11.3 Å². The zero-order valence-corrected chi connectivity index (χ0v) is 13.0. The van der Waals surface area contributed by atoms with Gasteiger partial charge >= 0.3 is 0 Å². The fourth-order valence-corrected chi connectivity index (χ4v) is 3.49. The molecule has 0 aliphatic heterocycles. The fraction of sp³-hybridized carbons (Fsp3) is 0.500. The van der Waals surface area contributed by atoms with Crippen molar-refractivity contribution in [2.24, 2.45) is 5.41 Å². The molecule has 1 aromatic heterocycles. The molecule has 0 radical (unpaired) electrons. The summed E-state index contributed by atoms with van der Waals surface area (Å²) in [6, 6.07) is 6.31. The number of benzene rings is 1. The van der Waals surface area contributed by atoms with Gasteiger partial charge in [-0.25, -0.2) is 0 Å². The normalized spacial score (nSPS) is 16.7. The van der Waals surface area contributed by atoms with Gasteiger partial charge in [-0.1, -0.05) is 25.5 Å². The van der Waals surface area contributed by atoms with Crippen LogP contribution >= 0.6 is 0 Å². The van der Waals surface area contributed by atoms with Crippen LogP contribution in [0.25, 0.3) is 10.9 Å². The number of aromatic nitrogens is 1. The van der Waals surface area contributed by atoms with E-state index in [1.165, 1.54) is 28.5 Å². The zero-order chi connectivity index (χ0) is 14.9. The number of nitrogens with one attached hydrogen (secondary N) is 2. The second-order valence-electron chi connectivity index (χ2n) is 6.30. The van der Waals surface area contributed by atoms with Crippen LogP contribution in [0.5, 0.6) is 0 Å². The van der Waals surface area contributed by atoms with E-state index in [0.717, 1.165) is 32.2 Å². The van der Waals surface area contributed by atoms with Crippen LogP contribution in [-0.2, 0) is 11.2 Å². The number of carbonyl (C=O) groups is 1. The van der Waals surface area contributed by atoms with Crippen molar-refractivity contribution in [1.29, 1.82) is 0 Å². The molecule has 3 nitrogen and oxygen atoms in total. The highest BCUT2D eigenvalue weighted by Gasteiger charge is 2.41. The molecule has 1 saturated carbocycles. The molecule has 0 saturated heterocycles. The summed E-state index contributed by atoms with van der Waals surface area (Å²) < 4.78 is 0. The number of carbonyl (C=O) groups excluding carboxylic acids is 1. The van der Waals surface area contributed by atoms with Crippen LogP contribution in [0.3, 0.4) is 0 Å². The Hall–Kier alpha value is -1.77. The number of rotatable bonds is 5. The molecule has 0 spiro atoms. The van der Waals surface area contributed by atoms with Crippen molar-refractivity contribution in [2.75, 3.05) is 6.54 Å². The topological polar surface area (TPSA) is 44.9 Å². The Morgan fingerprint density at radius 1 is 1.38 bits per heavy atom. The van der Waals surface area contributed by atoms with Gasteiger partial charge in [-0.15, -0.1) is 0 Å². The second-order valence-corrected chi connectivity index (χ2v) is 6.30. The minimum Gasteiger partial charge on any atom is -0.361 e. The highest BCUT2D eigenvalue weighted by molar-refractivity contribution is 5.86. The van der Waals surface area contributed by atoms with Gasteiger partial charge in [0.15, 0.2) is 0 Å². The molecule has 3 rings (SSSR count). The van der Waals surface area contributed by atoms with Crippen LogP contribution in [0.2, 0.25) is 0 Å². The van der Waals surface area contributed by atoms with Crippen LogP contribution in [0.4, 0.5) is 0 Å². The van der Waals surface area contributed by atoms with Gasteiger partial charge < -0.3 is 10.3 Å². The monoisotopic (exact) mass is 284 g/mol. The van der Waals surface area contributed by atoms with E-state index < -0.39 is 0 Å². The lowest BCUT2D eigenvalue weighted by molar-refractivity contribution is -0.136. The summed E-state index contributed by atoms with van der Waals surface area (Å²) in [6.45, 7) is 4.99. The Morgan fingerprint density at radius 2 is 2.19 bits per heavy atom. The smallest absolute Gasteiger partial charge is 0.226 e. The number of hydrogen-bond acceptors (Lipinski definition) is 1. The van der Waals surface area contributed by atoms with Crippen LogP contribution in [0.15, 0.2) is 24.4 Å². The first-order chi connectivity index (χ1) is 10.2. The maximum absolute atomic E-state index is 12.3. The quantitative estimate of drug-likeness (QED) is 0.863. The average Bonchev–Trinajstić information content (AvgIpc) is 2.83. The zero-order valence-electron chi connectivity index (χ0n) is 13.0. The van der Waals surface area contributed by atoms with Gasteiger partial charge in [0.2, 0.25) is 5.91 Å². The number of fused-ring (bicyclic) bond motifs is 1. The van der Waals surface area contributed by atoms with Gasteiger partial charge in [-0.2, -0.15) is 0 Å². The molecule has 2 N–H and O–H groups in total. The summed E-state index contributed by atoms with van der Waals surface area (Å²) in [6.07, 6.45) is 7.23. The summed E-state index contributed by atoms with van der Waals surface area (Å²) >= 11 is 0. The van der Waals surface area contributed by atoms with Crippen LogP contribution in [0, 0.1) is 12.3 Å². The molecule has 1 aliphatic carbocycles.